The first-order valence-corrected chi connectivity index (χ1v) is 15.9. The fourth-order valence-corrected chi connectivity index (χ4v) is 4.32. The molecule has 1 saturated carbocycles. The first-order valence-electron chi connectivity index (χ1n) is 12.9. The Labute approximate surface area is 233 Å². The van der Waals surface area contributed by atoms with Crippen LogP contribution >= 0.6 is 39.9 Å². The van der Waals surface area contributed by atoms with E-state index >= 15 is 0 Å². The number of aliphatic hydroxyl groups is 1. The molecule has 1 aliphatic heterocycles. The van der Waals surface area contributed by atoms with Gasteiger partial charge in [0.1, 0.15) is 0 Å². The van der Waals surface area contributed by atoms with Crippen LogP contribution in [0.25, 0.3) is 0 Å². The molecule has 1 aromatic carbocycles. The third-order valence-electron chi connectivity index (χ3n) is 5.82. The molecule has 35 heavy (non-hydrogen) atoms. The third kappa shape index (κ3) is 17.4. The van der Waals surface area contributed by atoms with E-state index < -0.39 is 0 Å². The fourth-order valence-electron chi connectivity index (χ4n) is 3.39. The van der Waals surface area contributed by atoms with Gasteiger partial charge >= 0.3 is 0 Å². The average Bonchev–Trinajstić information content (AvgIpc) is 2.84. The lowest BCUT2D eigenvalue weighted by Crippen LogP contribution is -2.46. The van der Waals surface area contributed by atoms with Crippen molar-refractivity contribution in [2.75, 3.05) is 61.1 Å². The van der Waals surface area contributed by atoms with Gasteiger partial charge in [0.2, 0.25) is 0 Å². The first kappa shape index (κ1) is 34.3. The highest BCUT2D eigenvalue weighted by Gasteiger charge is 2.17. The highest BCUT2D eigenvalue weighted by atomic mass is 79.9. The Kier molecular flexibility index (Phi) is 22.1. The van der Waals surface area contributed by atoms with Gasteiger partial charge in [0.25, 0.3) is 0 Å². The van der Waals surface area contributed by atoms with Gasteiger partial charge in [-0.05, 0) is 69.1 Å². The summed E-state index contributed by atoms with van der Waals surface area (Å²) in [7, 11) is 0. The summed E-state index contributed by atoms with van der Waals surface area (Å²) in [5.74, 6) is 3.94. The van der Waals surface area contributed by atoms with Crippen LogP contribution in [0.2, 0.25) is 0 Å². The van der Waals surface area contributed by atoms with Crippen molar-refractivity contribution < 1.29 is 5.11 Å². The predicted molar refractivity (Wildman–Crippen MR) is 167 cm³/mol. The summed E-state index contributed by atoms with van der Waals surface area (Å²) in [4.78, 5) is 5.61. The van der Waals surface area contributed by atoms with Crippen LogP contribution in [0.5, 0.6) is 0 Å². The molecule has 3 rings (SSSR count). The minimum absolute atomic E-state index is 0.286. The Morgan fingerprint density at radius 3 is 2.06 bits per heavy atom. The zero-order valence-electron chi connectivity index (χ0n) is 22.6. The third-order valence-corrected chi connectivity index (χ3v) is 6.99. The molecule has 202 valence electrons. The van der Waals surface area contributed by atoms with Gasteiger partial charge in [0.05, 0.1) is 10.0 Å². The maximum atomic E-state index is 8.86. The lowest BCUT2D eigenvalue weighted by atomic mass is 9.87. The second kappa shape index (κ2) is 22.5. The van der Waals surface area contributed by atoms with Crippen LogP contribution in [0.15, 0.2) is 24.3 Å². The number of anilines is 2. The van der Waals surface area contributed by atoms with Crippen LogP contribution in [0.1, 0.15) is 66.2 Å². The number of benzene rings is 1. The molecule has 0 unspecified atom stereocenters. The molecule has 2 aliphatic rings. The quantitative estimate of drug-likeness (QED) is 0.128. The van der Waals surface area contributed by atoms with Gasteiger partial charge < -0.3 is 15.3 Å². The van der Waals surface area contributed by atoms with Crippen molar-refractivity contribution in [1.82, 2.24) is 4.90 Å². The maximum absolute atomic E-state index is 8.86. The molecule has 3 N–H and O–H groups in total. The Bertz CT molecular complexity index is 662. The molecule has 0 aromatic heterocycles. The fraction of sp³-hybridized carbons (Fsp3) is 0.704. The van der Waals surface area contributed by atoms with Crippen molar-refractivity contribution in [1.29, 1.82) is 5.41 Å². The van der Waals surface area contributed by atoms with Crippen LogP contribution in [0.4, 0.5) is 11.4 Å². The number of piperazine rings is 1. The second-order valence-electron chi connectivity index (χ2n) is 8.80. The van der Waals surface area contributed by atoms with Gasteiger partial charge in [0, 0.05) is 56.5 Å². The van der Waals surface area contributed by atoms with Crippen LogP contribution in [-0.4, -0.2) is 71.0 Å². The number of unbranched alkanes of at least 4 members (excludes halogenated alkanes) is 1. The summed E-state index contributed by atoms with van der Waals surface area (Å²) in [6.07, 6.45) is 7.74. The van der Waals surface area contributed by atoms with Gasteiger partial charge in [-0.1, -0.05) is 61.3 Å². The molecular formula is C27H49BrN4OS2. The van der Waals surface area contributed by atoms with Crippen LogP contribution in [-0.2, 0) is 0 Å². The predicted octanol–water partition coefficient (Wildman–Crippen LogP) is 7.28. The lowest BCUT2D eigenvalue weighted by molar-refractivity contribution is 0.216. The summed E-state index contributed by atoms with van der Waals surface area (Å²) < 4.78 is 0. The molecule has 1 heterocycles. The minimum Gasteiger partial charge on any atom is -0.396 e. The number of alkyl halides is 1. The van der Waals surface area contributed by atoms with Crippen molar-refractivity contribution >= 4 is 61.3 Å². The van der Waals surface area contributed by atoms with Crippen molar-refractivity contribution in [3.05, 3.63) is 24.3 Å². The average molecular weight is 590 g/mol. The normalized spacial score (nSPS) is 15.2. The van der Waals surface area contributed by atoms with Crippen molar-refractivity contribution in [3.8, 4) is 0 Å². The van der Waals surface area contributed by atoms with E-state index in [1.165, 1.54) is 43.5 Å². The van der Waals surface area contributed by atoms with Crippen LogP contribution < -0.4 is 10.2 Å². The van der Waals surface area contributed by atoms with Crippen molar-refractivity contribution in [2.24, 2.45) is 5.92 Å². The minimum atomic E-state index is 0.286. The number of thiocarbonyl (C=S) groups is 1. The summed E-state index contributed by atoms with van der Waals surface area (Å²) in [6, 6.07) is 8.43. The second-order valence-corrected chi connectivity index (χ2v) is 10.6. The molecule has 0 amide bonds. The van der Waals surface area contributed by atoms with Crippen LogP contribution in [0, 0.1) is 11.3 Å². The molecule has 8 heteroatoms. The molecule has 2 fully saturated rings. The lowest BCUT2D eigenvalue weighted by Gasteiger charge is -2.36. The van der Waals surface area contributed by atoms with E-state index in [9.17, 15) is 0 Å². The van der Waals surface area contributed by atoms with E-state index in [1.807, 2.05) is 19.7 Å². The van der Waals surface area contributed by atoms with Gasteiger partial charge in [-0.2, -0.15) is 0 Å². The molecule has 0 atom stereocenters. The summed E-state index contributed by atoms with van der Waals surface area (Å²) in [5.41, 5.74) is 2.31. The summed E-state index contributed by atoms with van der Waals surface area (Å²) in [5, 5.41) is 19.9. The van der Waals surface area contributed by atoms with Gasteiger partial charge in [-0.3, -0.25) is 10.3 Å². The van der Waals surface area contributed by atoms with E-state index in [-0.39, 0.29) is 6.61 Å². The number of thioether (sulfide) groups is 1. The first-order chi connectivity index (χ1) is 16.9. The number of aliphatic hydroxyl groups excluding tert-OH is 1. The topological polar surface area (TPSA) is 62.6 Å². The molecule has 5 nitrogen and oxygen atoms in total. The number of nitrogens with zero attached hydrogens (tertiary/aromatic N) is 2. The van der Waals surface area contributed by atoms with Crippen molar-refractivity contribution in [2.45, 2.75) is 66.2 Å². The summed E-state index contributed by atoms with van der Waals surface area (Å²) >= 11 is 9.67. The zero-order valence-corrected chi connectivity index (χ0v) is 25.8. The van der Waals surface area contributed by atoms with E-state index in [2.05, 4.69) is 69.2 Å². The molecule has 1 aliphatic carbocycles. The maximum Gasteiger partial charge on any atom is 0.0765 e. The molecular weight excluding hydrogens is 540 g/mol. The molecule has 0 radical (unpaired) electrons. The van der Waals surface area contributed by atoms with Crippen molar-refractivity contribution in [3.63, 3.8) is 0 Å². The van der Waals surface area contributed by atoms with E-state index in [0.717, 1.165) is 60.8 Å². The highest BCUT2D eigenvalue weighted by molar-refractivity contribution is 9.08. The number of hydrogen-bond acceptors (Lipinski definition) is 6. The molecule has 0 spiro atoms. The zero-order chi connectivity index (χ0) is 26.5. The largest absolute Gasteiger partial charge is 0.396 e. The Balaban J connectivity index is 0.000000637. The highest BCUT2D eigenvalue weighted by Crippen LogP contribution is 2.29. The Hall–Kier alpha value is -0.670. The molecule has 0 bridgehead atoms. The molecule has 1 saturated heterocycles. The van der Waals surface area contributed by atoms with E-state index in [0.29, 0.717) is 0 Å². The Morgan fingerprint density at radius 2 is 1.66 bits per heavy atom. The Morgan fingerprint density at radius 1 is 1.09 bits per heavy atom. The number of nitrogens with one attached hydrogen (secondary N) is 2. The standard InChI is InChI=1S/C15H23N3OS.C7H13NS.C4H10.CH3Br/c1-13(20)16-14-3-5-15(6-4-14)18-10-8-17(9-11-18)7-2-12-19;1-6(8)9-5-7-3-2-4-7;1-3-4-2;1-2/h3-6,19H,2,7-12H2,1H3,(H,16,20);7-8H,2-5H2,1H3;3-4H2,1-2H3;1H3. The number of rotatable bonds is 8. The van der Waals surface area contributed by atoms with E-state index in [1.54, 1.807) is 11.8 Å². The van der Waals surface area contributed by atoms with E-state index in [4.69, 9.17) is 22.7 Å². The van der Waals surface area contributed by atoms with Gasteiger partial charge in [0.15, 0.2) is 0 Å². The summed E-state index contributed by atoms with van der Waals surface area (Å²) in [6.45, 7) is 13.6. The SMILES string of the molecule is CBr.CC(=N)SCC1CCC1.CC(=S)Nc1ccc(N2CCN(CCCO)CC2)cc1.CCCC. The molecule has 1 aromatic rings. The van der Waals surface area contributed by atoms with Gasteiger partial charge in [-0.15, -0.1) is 11.8 Å². The number of hydrogen-bond donors (Lipinski definition) is 3. The van der Waals surface area contributed by atoms with Gasteiger partial charge in [-0.25, -0.2) is 0 Å². The smallest absolute Gasteiger partial charge is 0.0765 e. The van der Waals surface area contributed by atoms with Crippen LogP contribution in [0.3, 0.4) is 0 Å². The number of halogens is 1. The monoisotopic (exact) mass is 588 g/mol.